The molecule has 0 amide bonds. The summed E-state index contributed by atoms with van der Waals surface area (Å²) < 4.78 is 27.6. The third-order valence-electron chi connectivity index (χ3n) is 5.36. The Morgan fingerprint density at radius 1 is 1.00 bits per heavy atom. The van der Waals surface area contributed by atoms with Crippen LogP contribution >= 0.6 is 0 Å². The normalized spacial score (nSPS) is 21.6. The molecule has 3 aliphatic rings. The van der Waals surface area contributed by atoms with Crippen molar-refractivity contribution in [2.24, 2.45) is 10.9 Å². The quantitative estimate of drug-likeness (QED) is 0.741. The maximum atomic E-state index is 12.9. The molecule has 0 bridgehead atoms. The molecule has 7 heteroatoms. The maximum Gasteiger partial charge on any atom is 0.315 e. The van der Waals surface area contributed by atoms with Crippen LogP contribution in [0.5, 0.6) is 23.0 Å². The molecule has 0 fully saturated rings. The van der Waals surface area contributed by atoms with E-state index in [2.05, 4.69) is 0 Å². The van der Waals surface area contributed by atoms with Gasteiger partial charge in [0, 0.05) is 18.0 Å². The van der Waals surface area contributed by atoms with E-state index in [0.717, 1.165) is 11.1 Å². The van der Waals surface area contributed by atoms with Gasteiger partial charge in [0.05, 0.1) is 12.3 Å². The van der Waals surface area contributed by atoms with E-state index >= 15 is 0 Å². The molecule has 0 spiro atoms. The predicted octanol–water partition coefficient (Wildman–Crippen LogP) is 2.95. The molecular formula is C22H21NO6. The molecule has 0 aromatic heterocycles. The van der Waals surface area contributed by atoms with E-state index < -0.39 is 5.92 Å². The summed E-state index contributed by atoms with van der Waals surface area (Å²) in [6.07, 6.45) is 0. The van der Waals surface area contributed by atoms with Crippen molar-refractivity contribution in [2.75, 3.05) is 33.2 Å². The molecule has 0 aliphatic carbocycles. The lowest BCUT2D eigenvalue weighted by Gasteiger charge is -2.22. The second kappa shape index (κ2) is 7.31. The van der Waals surface area contributed by atoms with Crippen molar-refractivity contribution in [2.45, 2.75) is 12.8 Å². The van der Waals surface area contributed by atoms with Gasteiger partial charge >= 0.3 is 5.97 Å². The van der Waals surface area contributed by atoms with Crippen LogP contribution in [0.1, 0.15) is 24.0 Å². The summed E-state index contributed by atoms with van der Waals surface area (Å²) in [5.41, 5.74) is 2.53. The third-order valence-corrected chi connectivity index (χ3v) is 5.36. The van der Waals surface area contributed by atoms with Gasteiger partial charge in [-0.1, -0.05) is 6.07 Å². The number of carbonyl (C=O) groups excluding carboxylic acids is 1. The smallest absolute Gasteiger partial charge is 0.315 e. The van der Waals surface area contributed by atoms with Crippen LogP contribution in [0.3, 0.4) is 0 Å². The minimum atomic E-state index is -0.502. The highest BCUT2D eigenvalue weighted by atomic mass is 16.7. The highest BCUT2D eigenvalue weighted by molar-refractivity contribution is 6.14. The Balaban J connectivity index is 1.50. The number of benzene rings is 2. The Morgan fingerprint density at radius 2 is 1.72 bits per heavy atom. The van der Waals surface area contributed by atoms with Gasteiger partial charge in [0.25, 0.3) is 0 Å². The van der Waals surface area contributed by atoms with Gasteiger partial charge in [-0.3, -0.25) is 9.79 Å². The molecule has 0 N–H and O–H groups in total. The Kier molecular flexibility index (Phi) is 4.50. The number of hydrogen-bond donors (Lipinski definition) is 0. The van der Waals surface area contributed by atoms with E-state index in [-0.39, 0.29) is 18.7 Å². The van der Waals surface area contributed by atoms with Crippen molar-refractivity contribution in [1.82, 2.24) is 0 Å². The lowest BCUT2D eigenvalue weighted by molar-refractivity contribution is -0.145. The summed E-state index contributed by atoms with van der Waals surface area (Å²) in [6.45, 7) is 3.87. The number of rotatable bonds is 4. The molecule has 2 unspecified atom stereocenters. The molecular weight excluding hydrogens is 374 g/mol. The van der Waals surface area contributed by atoms with Gasteiger partial charge < -0.3 is 23.7 Å². The Hall–Kier alpha value is -3.22. The number of ether oxygens (including phenoxy) is 5. The molecule has 3 aliphatic heterocycles. The van der Waals surface area contributed by atoms with Gasteiger partial charge in [-0.15, -0.1) is 0 Å². The van der Waals surface area contributed by atoms with Crippen molar-refractivity contribution >= 4 is 11.7 Å². The highest BCUT2D eigenvalue weighted by Crippen LogP contribution is 2.41. The summed E-state index contributed by atoms with van der Waals surface area (Å²) in [6, 6.07) is 11.4. The fourth-order valence-electron chi connectivity index (χ4n) is 4.01. The zero-order chi connectivity index (χ0) is 19.8. The molecule has 2 atom stereocenters. The average Bonchev–Trinajstić information content (AvgIpc) is 3.40. The van der Waals surface area contributed by atoms with E-state index in [0.29, 0.717) is 55.1 Å². The van der Waals surface area contributed by atoms with E-state index in [1.807, 2.05) is 43.3 Å². The van der Waals surface area contributed by atoms with Crippen molar-refractivity contribution in [1.29, 1.82) is 0 Å². The number of hydrogen-bond acceptors (Lipinski definition) is 7. The lowest BCUT2D eigenvalue weighted by atomic mass is 9.83. The second-order valence-electron chi connectivity index (χ2n) is 7.03. The van der Waals surface area contributed by atoms with Crippen LogP contribution < -0.4 is 18.9 Å². The van der Waals surface area contributed by atoms with Crippen molar-refractivity contribution in [3.63, 3.8) is 0 Å². The van der Waals surface area contributed by atoms with E-state index in [9.17, 15) is 4.79 Å². The molecule has 0 saturated heterocycles. The molecule has 29 heavy (non-hydrogen) atoms. The van der Waals surface area contributed by atoms with Gasteiger partial charge in [-0.25, -0.2) is 0 Å². The Morgan fingerprint density at radius 3 is 2.59 bits per heavy atom. The van der Waals surface area contributed by atoms with E-state index in [1.165, 1.54) is 0 Å². The van der Waals surface area contributed by atoms with Gasteiger partial charge in [-0.2, -0.15) is 0 Å². The minimum Gasteiger partial charge on any atom is -0.486 e. The summed E-state index contributed by atoms with van der Waals surface area (Å²) in [5.74, 6) is 1.88. The first-order valence-electron chi connectivity index (χ1n) is 9.75. The monoisotopic (exact) mass is 395 g/mol. The zero-order valence-corrected chi connectivity index (χ0v) is 16.1. The maximum absolute atomic E-state index is 12.9. The van der Waals surface area contributed by atoms with Crippen LogP contribution in [0.25, 0.3) is 0 Å². The zero-order valence-electron chi connectivity index (χ0n) is 16.1. The molecule has 2 aromatic rings. The Labute approximate surface area is 168 Å². The van der Waals surface area contributed by atoms with Gasteiger partial charge in [-0.05, 0) is 42.8 Å². The van der Waals surface area contributed by atoms with Crippen LogP contribution in [0.4, 0.5) is 0 Å². The summed E-state index contributed by atoms with van der Waals surface area (Å²) in [5, 5.41) is 0. The van der Waals surface area contributed by atoms with Crippen LogP contribution in [0.15, 0.2) is 41.4 Å². The lowest BCUT2D eigenvalue weighted by Crippen LogP contribution is -2.29. The predicted molar refractivity (Wildman–Crippen MR) is 104 cm³/mol. The fraction of sp³-hybridized carbons (Fsp3) is 0.364. The first kappa shape index (κ1) is 17.8. The molecule has 150 valence electrons. The second-order valence-corrected chi connectivity index (χ2v) is 7.03. The van der Waals surface area contributed by atoms with Gasteiger partial charge in [0.15, 0.2) is 23.0 Å². The molecule has 7 nitrogen and oxygen atoms in total. The first-order valence-corrected chi connectivity index (χ1v) is 9.75. The molecule has 0 saturated carbocycles. The van der Waals surface area contributed by atoms with Crippen molar-refractivity contribution in [3.05, 3.63) is 47.5 Å². The number of nitrogens with zero attached hydrogens (tertiary/aromatic N) is 1. The molecule has 3 heterocycles. The summed E-state index contributed by atoms with van der Waals surface area (Å²) >= 11 is 0. The van der Waals surface area contributed by atoms with Crippen LogP contribution in [0, 0.1) is 5.92 Å². The minimum absolute atomic E-state index is 0.133. The Bertz CT molecular complexity index is 985. The number of fused-ring (bicyclic) bond motifs is 2. The van der Waals surface area contributed by atoms with Crippen molar-refractivity contribution in [3.8, 4) is 23.0 Å². The molecule has 5 rings (SSSR count). The van der Waals surface area contributed by atoms with Crippen LogP contribution in [-0.4, -0.2) is 44.8 Å². The number of esters is 1. The van der Waals surface area contributed by atoms with Crippen molar-refractivity contribution < 1.29 is 28.5 Å². The summed E-state index contributed by atoms with van der Waals surface area (Å²) in [4.78, 5) is 17.7. The number of carbonyl (C=O) groups is 1. The first-order chi connectivity index (χ1) is 14.2. The van der Waals surface area contributed by atoms with E-state index in [4.69, 9.17) is 28.7 Å². The van der Waals surface area contributed by atoms with Crippen LogP contribution in [-0.2, 0) is 9.53 Å². The number of aliphatic imine (C=N–C) groups is 1. The molecule has 2 aromatic carbocycles. The SMILES string of the molecule is CCOC(=O)C1C(c2ccc3c(c2)OCCO3)=NCC1c1ccc2c(c1)OCO2. The largest absolute Gasteiger partial charge is 0.486 e. The topological polar surface area (TPSA) is 75.6 Å². The van der Waals surface area contributed by atoms with Gasteiger partial charge in [0.1, 0.15) is 19.1 Å². The molecule has 0 radical (unpaired) electrons. The van der Waals surface area contributed by atoms with Crippen LogP contribution in [0.2, 0.25) is 0 Å². The third kappa shape index (κ3) is 3.16. The average molecular weight is 395 g/mol. The van der Waals surface area contributed by atoms with Gasteiger partial charge in [0.2, 0.25) is 6.79 Å². The van der Waals surface area contributed by atoms with E-state index in [1.54, 1.807) is 0 Å². The summed E-state index contributed by atoms with van der Waals surface area (Å²) in [7, 11) is 0. The highest BCUT2D eigenvalue weighted by Gasteiger charge is 2.40. The standard InChI is InChI=1S/C22H21NO6/c1-2-25-22(24)20-15(13-3-5-17-19(9-13)29-12-28-17)11-23-21(20)14-4-6-16-18(10-14)27-8-7-26-16/h3-6,9-10,15,20H,2,7-8,11-12H2,1H3. The fourth-order valence-corrected chi connectivity index (χ4v) is 4.01.